The monoisotopic (exact) mass is 605 g/mol. The van der Waals surface area contributed by atoms with Crippen molar-refractivity contribution in [2.75, 3.05) is 44.8 Å². The van der Waals surface area contributed by atoms with Gasteiger partial charge in [0.15, 0.2) is 0 Å². The van der Waals surface area contributed by atoms with Gasteiger partial charge >= 0.3 is 5.56 Å². The SMILES string of the molecule is COC[C@H]1C[C@@H](Oc2c(N3CCN(S(=O)(=O)Cc4ccc([N+](=O)[O-])cc4)CC3)cnn(-c3cc(F)cc(F)c3)c2=O)C1. The minimum absolute atomic E-state index is 0.0299. The van der Waals surface area contributed by atoms with Crippen LogP contribution < -0.4 is 15.2 Å². The summed E-state index contributed by atoms with van der Waals surface area (Å²) in [6.07, 6.45) is 2.45. The molecule has 15 heteroatoms. The molecule has 3 aromatic rings. The molecule has 0 spiro atoms. The van der Waals surface area contributed by atoms with E-state index in [1.54, 1.807) is 12.0 Å². The molecule has 1 aliphatic carbocycles. The van der Waals surface area contributed by atoms with Gasteiger partial charge in [0, 0.05) is 58.1 Å². The van der Waals surface area contributed by atoms with Gasteiger partial charge in [-0.3, -0.25) is 14.9 Å². The quantitative estimate of drug-likeness (QED) is 0.252. The minimum atomic E-state index is -3.73. The molecule has 1 aromatic heterocycles. The molecule has 5 rings (SSSR count). The summed E-state index contributed by atoms with van der Waals surface area (Å²) in [5.74, 6) is -1.78. The zero-order chi connectivity index (χ0) is 30.0. The summed E-state index contributed by atoms with van der Waals surface area (Å²) >= 11 is 0. The summed E-state index contributed by atoms with van der Waals surface area (Å²) in [5.41, 5.74) is -0.136. The van der Waals surface area contributed by atoms with E-state index in [0.717, 1.165) is 16.8 Å². The topological polar surface area (TPSA) is 137 Å². The Balaban J connectivity index is 1.35. The summed E-state index contributed by atoms with van der Waals surface area (Å²) < 4.78 is 67.5. The van der Waals surface area contributed by atoms with E-state index < -0.39 is 32.1 Å². The molecule has 0 radical (unpaired) electrons. The van der Waals surface area contributed by atoms with E-state index in [2.05, 4.69) is 5.10 Å². The smallest absolute Gasteiger partial charge is 0.316 e. The van der Waals surface area contributed by atoms with Crippen LogP contribution in [0.25, 0.3) is 5.69 Å². The fraction of sp³-hybridized carbons (Fsp3) is 0.407. The second kappa shape index (κ2) is 12.1. The van der Waals surface area contributed by atoms with Crippen LogP contribution in [-0.2, 0) is 20.5 Å². The van der Waals surface area contributed by atoms with Gasteiger partial charge in [0.25, 0.3) is 5.69 Å². The van der Waals surface area contributed by atoms with E-state index in [9.17, 15) is 32.1 Å². The van der Waals surface area contributed by atoms with E-state index >= 15 is 0 Å². The highest BCUT2D eigenvalue weighted by atomic mass is 32.2. The summed E-state index contributed by atoms with van der Waals surface area (Å²) in [5, 5.41) is 15.0. The fourth-order valence-corrected chi connectivity index (χ4v) is 6.66. The lowest BCUT2D eigenvalue weighted by Crippen LogP contribution is -2.49. The molecule has 12 nitrogen and oxygen atoms in total. The molecule has 2 heterocycles. The Morgan fingerprint density at radius 2 is 1.69 bits per heavy atom. The van der Waals surface area contributed by atoms with Crippen LogP contribution in [0.2, 0.25) is 0 Å². The molecule has 224 valence electrons. The first kappa shape index (κ1) is 29.5. The zero-order valence-corrected chi connectivity index (χ0v) is 23.5. The van der Waals surface area contributed by atoms with Gasteiger partial charge in [0.2, 0.25) is 15.8 Å². The highest BCUT2D eigenvalue weighted by Crippen LogP contribution is 2.34. The van der Waals surface area contributed by atoms with E-state index in [1.165, 1.54) is 34.8 Å². The third-order valence-corrected chi connectivity index (χ3v) is 9.20. The second-order valence-corrected chi connectivity index (χ2v) is 12.3. The van der Waals surface area contributed by atoms with Crippen molar-refractivity contribution in [3.63, 3.8) is 0 Å². The maximum absolute atomic E-state index is 13.9. The fourth-order valence-electron chi connectivity index (χ4n) is 5.14. The van der Waals surface area contributed by atoms with Crippen molar-refractivity contribution < 1.29 is 31.6 Å². The molecule has 0 amide bonds. The molecule has 1 saturated heterocycles. The lowest BCUT2D eigenvalue weighted by atomic mass is 9.83. The number of nitro benzene ring substituents is 1. The highest BCUT2D eigenvalue weighted by Gasteiger charge is 2.34. The number of non-ortho nitro benzene ring substituents is 1. The van der Waals surface area contributed by atoms with Gasteiger partial charge in [-0.05, 0) is 36.5 Å². The Labute approximate surface area is 240 Å². The van der Waals surface area contributed by atoms with Gasteiger partial charge in [-0.25, -0.2) is 17.2 Å². The molecular formula is C27H29F2N5O7S. The number of hydrogen-bond acceptors (Lipinski definition) is 9. The Kier molecular flexibility index (Phi) is 8.52. The highest BCUT2D eigenvalue weighted by molar-refractivity contribution is 7.88. The van der Waals surface area contributed by atoms with Gasteiger partial charge in [-0.1, -0.05) is 12.1 Å². The van der Waals surface area contributed by atoms with Crippen LogP contribution in [0, 0.1) is 27.7 Å². The maximum Gasteiger partial charge on any atom is 0.316 e. The van der Waals surface area contributed by atoms with E-state index in [-0.39, 0.29) is 61.1 Å². The van der Waals surface area contributed by atoms with Gasteiger partial charge < -0.3 is 14.4 Å². The molecule has 2 fully saturated rings. The standard InChI is InChI=1S/C27H29F2N5O7S/c1-40-16-19-10-24(11-19)41-26-25(15-30-33(27(26)35)23-13-20(28)12-21(29)14-23)31-6-8-32(9-7-31)42(38,39)17-18-2-4-22(5-3-18)34(36)37/h2-5,12-15,19,24H,6-11,16-17H2,1H3/t19-,24+. The lowest BCUT2D eigenvalue weighted by Gasteiger charge is -2.38. The molecule has 2 aliphatic rings. The number of nitro groups is 1. The Morgan fingerprint density at radius 3 is 2.29 bits per heavy atom. The first-order valence-corrected chi connectivity index (χ1v) is 14.9. The number of rotatable bonds is 10. The number of aromatic nitrogens is 2. The van der Waals surface area contributed by atoms with Crippen LogP contribution >= 0.6 is 0 Å². The molecular weight excluding hydrogens is 576 g/mol. The normalized spacial score (nSPS) is 19.4. The Hall–Kier alpha value is -3.95. The van der Waals surface area contributed by atoms with E-state index in [1.807, 2.05) is 0 Å². The number of anilines is 1. The number of hydrogen-bond donors (Lipinski definition) is 0. The third-order valence-electron chi connectivity index (χ3n) is 7.35. The van der Waals surface area contributed by atoms with Crippen LogP contribution in [0.3, 0.4) is 0 Å². The molecule has 2 aromatic carbocycles. The number of halogens is 2. The molecule has 0 unspecified atom stereocenters. The average Bonchev–Trinajstić information content (AvgIpc) is 2.92. The molecule has 1 aliphatic heterocycles. The van der Waals surface area contributed by atoms with Crippen LogP contribution in [0.4, 0.5) is 20.2 Å². The predicted molar refractivity (Wildman–Crippen MR) is 148 cm³/mol. The van der Waals surface area contributed by atoms with Crippen molar-refractivity contribution >= 4 is 21.4 Å². The van der Waals surface area contributed by atoms with Crippen molar-refractivity contribution in [2.45, 2.75) is 24.7 Å². The average molecular weight is 606 g/mol. The number of piperazine rings is 1. The molecule has 0 bridgehead atoms. The third kappa shape index (κ3) is 6.42. The van der Waals surface area contributed by atoms with Gasteiger partial charge in [-0.2, -0.15) is 14.1 Å². The van der Waals surface area contributed by atoms with Crippen LogP contribution in [0.5, 0.6) is 5.75 Å². The molecule has 1 saturated carbocycles. The Morgan fingerprint density at radius 1 is 1.05 bits per heavy atom. The molecule has 0 N–H and O–H groups in total. The summed E-state index contributed by atoms with van der Waals surface area (Å²) in [4.78, 5) is 25.7. The van der Waals surface area contributed by atoms with Crippen molar-refractivity contribution in [2.24, 2.45) is 5.92 Å². The second-order valence-electron chi connectivity index (χ2n) is 10.3. The van der Waals surface area contributed by atoms with Gasteiger partial charge in [0.1, 0.15) is 17.3 Å². The zero-order valence-electron chi connectivity index (χ0n) is 22.7. The predicted octanol–water partition coefficient (Wildman–Crippen LogP) is 2.87. The Bertz CT molecular complexity index is 1600. The van der Waals surface area contributed by atoms with Crippen molar-refractivity contribution in [1.29, 1.82) is 0 Å². The number of sulfonamides is 1. The molecule has 42 heavy (non-hydrogen) atoms. The van der Waals surface area contributed by atoms with Crippen molar-refractivity contribution in [3.8, 4) is 11.4 Å². The van der Waals surface area contributed by atoms with Gasteiger partial charge in [0.05, 0.1) is 28.7 Å². The maximum atomic E-state index is 13.9. The molecule has 0 atom stereocenters. The van der Waals surface area contributed by atoms with Crippen LogP contribution in [0.1, 0.15) is 18.4 Å². The first-order valence-electron chi connectivity index (χ1n) is 13.2. The number of methoxy groups -OCH3 is 1. The number of ether oxygens (including phenoxy) is 2. The van der Waals surface area contributed by atoms with E-state index in [4.69, 9.17) is 9.47 Å². The van der Waals surface area contributed by atoms with Crippen LogP contribution in [-0.4, -0.2) is 73.4 Å². The number of benzene rings is 2. The summed E-state index contributed by atoms with van der Waals surface area (Å²) in [6, 6.07) is 8.03. The number of nitrogens with zero attached hydrogens (tertiary/aromatic N) is 5. The summed E-state index contributed by atoms with van der Waals surface area (Å²) in [6.45, 7) is 1.25. The minimum Gasteiger partial charge on any atom is -0.483 e. The van der Waals surface area contributed by atoms with Crippen molar-refractivity contribution in [3.05, 3.63) is 86.3 Å². The van der Waals surface area contributed by atoms with Crippen LogP contribution in [0.15, 0.2) is 53.5 Å². The summed E-state index contributed by atoms with van der Waals surface area (Å²) in [7, 11) is -2.12. The lowest BCUT2D eigenvalue weighted by molar-refractivity contribution is -0.384. The van der Waals surface area contributed by atoms with E-state index in [0.29, 0.717) is 36.8 Å². The first-order chi connectivity index (χ1) is 20.0. The largest absolute Gasteiger partial charge is 0.483 e. The van der Waals surface area contributed by atoms with Gasteiger partial charge in [-0.15, -0.1) is 0 Å². The van der Waals surface area contributed by atoms with Crippen molar-refractivity contribution in [1.82, 2.24) is 14.1 Å².